The Kier molecular flexibility index (Phi) is 5.72. The highest BCUT2D eigenvalue weighted by atomic mass is 19.1. The lowest BCUT2D eigenvalue weighted by molar-refractivity contribution is -0.00359. The Morgan fingerprint density at radius 2 is 1.78 bits per heavy atom. The van der Waals surface area contributed by atoms with E-state index >= 15 is 0 Å². The molecule has 2 aliphatic heterocycles. The van der Waals surface area contributed by atoms with Gasteiger partial charge in [-0.25, -0.2) is 4.39 Å². The van der Waals surface area contributed by atoms with Gasteiger partial charge in [-0.2, -0.15) is 0 Å². The van der Waals surface area contributed by atoms with Gasteiger partial charge in [0.25, 0.3) is 0 Å². The van der Waals surface area contributed by atoms with E-state index in [1.807, 2.05) is 18.2 Å². The molecular weight excluding hydrogens is 341 g/mol. The van der Waals surface area contributed by atoms with E-state index in [2.05, 4.69) is 21.2 Å². The number of fused-ring (bicyclic) bond motifs is 1. The first-order chi connectivity index (χ1) is 13.2. The number of hydrogen-bond acceptors (Lipinski definition) is 4. The molecule has 2 aromatic rings. The van der Waals surface area contributed by atoms with Gasteiger partial charge in [-0.05, 0) is 67.2 Å². The van der Waals surface area contributed by atoms with Crippen molar-refractivity contribution in [1.82, 2.24) is 9.80 Å². The Balaban J connectivity index is 1.18. The Morgan fingerprint density at radius 3 is 2.52 bits per heavy atom. The van der Waals surface area contributed by atoms with E-state index in [4.69, 9.17) is 0 Å². The van der Waals surface area contributed by atoms with Crippen LogP contribution in [0.3, 0.4) is 0 Å². The average Bonchev–Trinajstić information content (AvgIpc) is 3.01. The van der Waals surface area contributed by atoms with Crippen LogP contribution in [-0.2, 0) is 6.54 Å². The van der Waals surface area contributed by atoms with Crippen molar-refractivity contribution in [3.8, 4) is 0 Å². The molecule has 0 aliphatic carbocycles. The van der Waals surface area contributed by atoms with E-state index in [-0.39, 0.29) is 5.82 Å². The minimum absolute atomic E-state index is 0.200. The molecule has 5 heteroatoms. The maximum absolute atomic E-state index is 12.9. The summed E-state index contributed by atoms with van der Waals surface area (Å²) < 4.78 is 12.9. The van der Waals surface area contributed by atoms with Gasteiger partial charge in [0, 0.05) is 31.9 Å². The third-order valence-electron chi connectivity index (χ3n) is 5.85. The summed E-state index contributed by atoms with van der Waals surface area (Å²) in [5, 5.41) is 13.9. The van der Waals surface area contributed by atoms with Crippen molar-refractivity contribution in [3.63, 3.8) is 0 Å². The van der Waals surface area contributed by atoms with Gasteiger partial charge in [-0.3, -0.25) is 4.90 Å². The minimum atomic E-state index is -0.445. The number of anilines is 1. The van der Waals surface area contributed by atoms with Crippen molar-refractivity contribution >= 4 is 5.69 Å². The van der Waals surface area contributed by atoms with E-state index in [9.17, 15) is 9.50 Å². The molecule has 2 N–H and O–H groups in total. The average molecular weight is 369 g/mol. The number of rotatable bonds is 6. The standard InChI is InChI=1S/C22H28FN3O/c23-19-5-7-20(8-6-19)24-11-14-25-12-9-17(10-13-25)15-26-16-18-3-1-2-4-21(18)22(26)27/h1-8,17,22,24,27H,9-16H2. The summed E-state index contributed by atoms with van der Waals surface area (Å²) in [6.07, 6.45) is 1.91. The van der Waals surface area contributed by atoms with E-state index in [0.29, 0.717) is 5.92 Å². The summed E-state index contributed by atoms with van der Waals surface area (Å²) in [5.74, 6) is 0.448. The van der Waals surface area contributed by atoms with Crippen LogP contribution in [0.25, 0.3) is 0 Å². The number of benzene rings is 2. The van der Waals surface area contributed by atoms with Crippen molar-refractivity contribution in [3.05, 3.63) is 65.5 Å². The largest absolute Gasteiger partial charge is 0.384 e. The minimum Gasteiger partial charge on any atom is -0.384 e. The smallest absolute Gasteiger partial charge is 0.134 e. The monoisotopic (exact) mass is 369 g/mol. The molecule has 0 bridgehead atoms. The van der Waals surface area contributed by atoms with E-state index < -0.39 is 6.23 Å². The lowest BCUT2D eigenvalue weighted by atomic mass is 9.96. The van der Waals surface area contributed by atoms with Crippen LogP contribution >= 0.6 is 0 Å². The summed E-state index contributed by atoms with van der Waals surface area (Å²) in [5.41, 5.74) is 3.30. The second kappa shape index (κ2) is 8.38. The lowest BCUT2D eigenvalue weighted by Crippen LogP contribution is -2.40. The zero-order valence-corrected chi connectivity index (χ0v) is 15.6. The first-order valence-corrected chi connectivity index (χ1v) is 9.91. The number of halogens is 1. The van der Waals surface area contributed by atoms with E-state index in [1.165, 1.54) is 30.5 Å². The van der Waals surface area contributed by atoms with Crippen molar-refractivity contribution in [2.24, 2.45) is 5.92 Å². The fourth-order valence-corrected chi connectivity index (χ4v) is 4.25. The summed E-state index contributed by atoms with van der Waals surface area (Å²) in [4.78, 5) is 4.70. The van der Waals surface area contributed by atoms with Crippen LogP contribution in [0.2, 0.25) is 0 Å². The predicted molar refractivity (Wildman–Crippen MR) is 106 cm³/mol. The van der Waals surface area contributed by atoms with Crippen molar-refractivity contribution in [1.29, 1.82) is 0 Å². The second-order valence-electron chi connectivity index (χ2n) is 7.72. The number of nitrogens with one attached hydrogen (secondary N) is 1. The molecule has 2 aromatic carbocycles. The maximum atomic E-state index is 12.9. The molecule has 4 nitrogen and oxygen atoms in total. The molecule has 2 aliphatic rings. The third-order valence-corrected chi connectivity index (χ3v) is 5.85. The Hall–Kier alpha value is -1.95. The molecule has 1 saturated heterocycles. The molecule has 144 valence electrons. The molecule has 0 saturated carbocycles. The predicted octanol–water partition coefficient (Wildman–Crippen LogP) is 3.46. The molecule has 1 fully saturated rings. The number of likely N-dealkylation sites (tertiary alicyclic amines) is 1. The fourth-order valence-electron chi connectivity index (χ4n) is 4.25. The zero-order chi connectivity index (χ0) is 18.6. The van der Waals surface area contributed by atoms with Crippen LogP contribution in [0.4, 0.5) is 10.1 Å². The highest BCUT2D eigenvalue weighted by Gasteiger charge is 2.30. The molecule has 0 aromatic heterocycles. The van der Waals surface area contributed by atoms with Gasteiger partial charge in [0.05, 0.1) is 0 Å². The topological polar surface area (TPSA) is 38.7 Å². The van der Waals surface area contributed by atoms with Crippen molar-refractivity contribution in [2.75, 3.05) is 38.0 Å². The molecule has 0 amide bonds. The van der Waals surface area contributed by atoms with Gasteiger partial charge in [0.15, 0.2) is 0 Å². The van der Waals surface area contributed by atoms with Gasteiger partial charge >= 0.3 is 0 Å². The van der Waals surface area contributed by atoms with Crippen LogP contribution < -0.4 is 5.32 Å². The number of aliphatic hydroxyl groups is 1. The summed E-state index contributed by atoms with van der Waals surface area (Å²) in [6, 6.07) is 14.7. The van der Waals surface area contributed by atoms with Crippen LogP contribution in [-0.4, -0.2) is 47.6 Å². The van der Waals surface area contributed by atoms with Crippen molar-refractivity contribution < 1.29 is 9.50 Å². The van der Waals surface area contributed by atoms with Crippen LogP contribution in [0.15, 0.2) is 48.5 Å². The summed E-state index contributed by atoms with van der Waals surface area (Å²) in [6.45, 7) is 5.91. The van der Waals surface area contributed by atoms with Gasteiger partial charge in [-0.15, -0.1) is 0 Å². The van der Waals surface area contributed by atoms with Crippen LogP contribution in [0.1, 0.15) is 30.2 Å². The quantitative estimate of drug-likeness (QED) is 0.818. The molecule has 0 spiro atoms. The first kappa shape index (κ1) is 18.4. The number of aliphatic hydroxyl groups excluding tert-OH is 1. The van der Waals surface area contributed by atoms with Gasteiger partial charge in [0.2, 0.25) is 0 Å². The molecule has 1 unspecified atom stereocenters. The highest BCUT2D eigenvalue weighted by Crippen LogP contribution is 2.33. The first-order valence-electron chi connectivity index (χ1n) is 9.91. The number of piperidine rings is 1. The Morgan fingerprint density at radius 1 is 1.04 bits per heavy atom. The second-order valence-corrected chi connectivity index (χ2v) is 7.72. The summed E-state index contributed by atoms with van der Waals surface area (Å²) in [7, 11) is 0. The molecule has 1 atom stereocenters. The lowest BCUT2D eigenvalue weighted by Gasteiger charge is -2.34. The van der Waals surface area contributed by atoms with Gasteiger partial charge in [0.1, 0.15) is 12.0 Å². The van der Waals surface area contributed by atoms with Crippen LogP contribution in [0, 0.1) is 11.7 Å². The van der Waals surface area contributed by atoms with Gasteiger partial charge in [-0.1, -0.05) is 24.3 Å². The third kappa shape index (κ3) is 4.49. The van der Waals surface area contributed by atoms with Crippen LogP contribution in [0.5, 0.6) is 0 Å². The summed E-state index contributed by atoms with van der Waals surface area (Å²) >= 11 is 0. The van der Waals surface area contributed by atoms with E-state index in [0.717, 1.165) is 50.5 Å². The fraction of sp³-hybridized carbons (Fsp3) is 0.455. The molecule has 2 heterocycles. The highest BCUT2D eigenvalue weighted by molar-refractivity contribution is 5.42. The SMILES string of the molecule is OC1c2ccccc2CN1CC1CCN(CCNc2ccc(F)cc2)CC1. The van der Waals surface area contributed by atoms with Crippen molar-refractivity contribution in [2.45, 2.75) is 25.6 Å². The Bertz CT molecular complexity index is 743. The normalized spacial score (nSPS) is 21.3. The number of hydrogen-bond donors (Lipinski definition) is 2. The number of nitrogens with zero attached hydrogens (tertiary/aromatic N) is 2. The molecule has 4 rings (SSSR count). The zero-order valence-electron chi connectivity index (χ0n) is 15.6. The van der Waals surface area contributed by atoms with E-state index in [1.54, 1.807) is 12.1 Å². The molecular formula is C22H28FN3O. The Labute approximate surface area is 160 Å². The maximum Gasteiger partial charge on any atom is 0.134 e. The molecule has 0 radical (unpaired) electrons. The van der Waals surface area contributed by atoms with Gasteiger partial charge < -0.3 is 15.3 Å². The molecule has 27 heavy (non-hydrogen) atoms.